The summed E-state index contributed by atoms with van der Waals surface area (Å²) < 4.78 is 0. The second kappa shape index (κ2) is 8.20. The largest absolute Gasteiger partial charge is 0.378 e. The molecule has 6 heteroatoms. The van der Waals surface area contributed by atoms with E-state index in [1.165, 1.54) is 44.6 Å². The Labute approximate surface area is 130 Å². The number of nitrogens with zero attached hydrogens (tertiary/aromatic N) is 1. The number of nitro benzene ring substituents is 1. The number of rotatable bonds is 6. The molecule has 21 heavy (non-hydrogen) atoms. The van der Waals surface area contributed by atoms with Gasteiger partial charge >= 0.3 is 0 Å². The average Bonchev–Trinajstić information content (AvgIpc) is 2.73. The first-order valence-electron chi connectivity index (χ1n) is 7.58. The molecule has 0 aliphatic heterocycles. The Balaban J connectivity index is 1.79. The number of hydrogen-bond acceptors (Lipinski definition) is 4. The quantitative estimate of drug-likeness (QED) is 0.361. The number of benzene rings is 1. The van der Waals surface area contributed by atoms with E-state index in [1.807, 2.05) is 0 Å². The molecule has 0 heterocycles. The van der Waals surface area contributed by atoms with Gasteiger partial charge in [0.15, 0.2) is 0 Å². The van der Waals surface area contributed by atoms with Crippen molar-refractivity contribution in [1.82, 2.24) is 5.32 Å². The lowest BCUT2D eigenvalue weighted by atomic mass is 10.1. The predicted octanol–water partition coefficient (Wildman–Crippen LogP) is 3.97. The van der Waals surface area contributed by atoms with E-state index < -0.39 is 4.92 Å². The third-order valence-electron chi connectivity index (χ3n) is 3.89. The Kier molecular flexibility index (Phi) is 6.26. The van der Waals surface area contributed by atoms with Crippen LogP contribution in [0.1, 0.15) is 38.5 Å². The van der Waals surface area contributed by atoms with Crippen molar-refractivity contribution in [2.75, 3.05) is 18.4 Å². The van der Waals surface area contributed by atoms with Crippen molar-refractivity contribution in [1.29, 1.82) is 0 Å². The van der Waals surface area contributed by atoms with Crippen LogP contribution in [0.4, 0.5) is 11.4 Å². The third kappa shape index (κ3) is 5.17. The van der Waals surface area contributed by atoms with Crippen molar-refractivity contribution in [3.05, 3.63) is 33.3 Å². The molecule has 0 bridgehead atoms. The fourth-order valence-corrected chi connectivity index (χ4v) is 2.93. The third-order valence-corrected chi connectivity index (χ3v) is 4.12. The lowest BCUT2D eigenvalue weighted by Crippen LogP contribution is -2.32. The summed E-state index contributed by atoms with van der Waals surface area (Å²) in [5.74, 6) is 0. The van der Waals surface area contributed by atoms with Crippen LogP contribution in [0.2, 0.25) is 5.02 Å². The van der Waals surface area contributed by atoms with E-state index >= 15 is 0 Å². The molecule has 0 atom stereocenters. The zero-order valence-corrected chi connectivity index (χ0v) is 12.9. The van der Waals surface area contributed by atoms with Gasteiger partial charge in [0.2, 0.25) is 0 Å². The predicted molar refractivity (Wildman–Crippen MR) is 86.1 cm³/mol. The lowest BCUT2D eigenvalue weighted by molar-refractivity contribution is -0.383. The van der Waals surface area contributed by atoms with Gasteiger partial charge in [0.05, 0.1) is 4.92 Å². The van der Waals surface area contributed by atoms with Crippen molar-refractivity contribution >= 4 is 23.0 Å². The minimum atomic E-state index is -0.410. The minimum Gasteiger partial charge on any atom is -0.378 e. The molecule has 0 radical (unpaired) electrons. The van der Waals surface area contributed by atoms with Crippen LogP contribution in [0.15, 0.2) is 18.2 Å². The lowest BCUT2D eigenvalue weighted by Gasteiger charge is -2.16. The molecular formula is C15H22ClN3O2. The molecule has 1 aliphatic rings. The van der Waals surface area contributed by atoms with Crippen molar-refractivity contribution in [3.8, 4) is 0 Å². The second-order valence-corrected chi connectivity index (χ2v) is 5.92. The van der Waals surface area contributed by atoms with Gasteiger partial charge in [0.1, 0.15) is 5.69 Å². The molecule has 0 spiro atoms. The van der Waals surface area contributed by atoms with Crippen LogP contribution < -0.4 is 10.6 Å². The molecular weight excluding hydrogens is 290 g/mol. The molecule has 1 saturated carbocycles. The Bertz CT molecular complexity index is 474. The summed E-state index contributed by atoms with van der Waals surface area (Å²) in [6, 6.07) is 5.29. The van der Waals surface area contributed by atoms with Gasteiger partial charge in [0.25, 0.3) is 5.69 Å². The maximum absolute atomic E-state index is 11.0. The van der Waals surface area contributed by atoms with Gasteiger partial charge in [-0.15, -0.1) is 0 Å². The second-order valence-electron chi connectivity index (χ2n) is 5.49. The van der Waals surface area contributed by atoms with Crippen LogP contribution >= 0.6 is 11.6 Å². The van der Waals surface area contributed by atoms with Gasteiger partial charge in [-0.1, -0.05) is 37.3 Å². The summed E-state index contributed by atoms with van der Waals surface area (Å²) in [4.78, 5) is 10.6. The molecule has 1 aromatic rings. The SMILES string of the molecule is O=[N+]([O-])c1cc(Cl)ccc1NCCNC1CCCCCC1. The van der Waals surface area contributed by atoms with Crippen LogP contribution in [-0.4, -0.2) is 24.1 Å². The maximum Gasteiger partial charge on any atom is 0.293 e. The van der Waals surface area contributed by atoms with E-state index in [1.54, 1.807) is 12.1 Å². The number of hydrogen-bond donors (Lipinski definition) is 2. The Hall–Kier alpha value is -1.33. The highest BCUT2D eigenvalue weighted by atomic mass is 35.5. The summed E-state index contributed by atoms with van der Waals surface area (Å²) >= 11 is 5.79. The number of nitro groups is 1. The highest BCUT2D eigenvalue weighted by Gasteiger charge is 2.14. The van der Waals surface area contributed by atoms with Gasteiger partial charge in [0, 0.05) is 30.2 Å². The summed E-state index contributed by atoms with van der Waals surface area (Å²) in [6.07, 6.45) is 7.75. The molecule has 1 fully saturated rings. The molecule has 1 aromatic carbocycles. The summed E-state index contributed by atoms with van der Waals surface area (Å²) in [7, 11) is 0. The van der Waals surface area contributed by atoms with Crippen molar-refractivity contribution in [2.45, 2.75) is 44.6 Å². The topological polar surface area (TPSA) is 67.2 Å². The number of halogens is 1. The maximum atomic E-state index is 11.0. The van der Waals surface area contributed by atoms with Crippen LogP contribution in [0.3, 0.4) is 0 Å². The molecule has 5 nitrogen and oxygen atoms in total. The monoisotopic (exact) mass is 311 g/mol. The first kappa shape index (κ1) is 16.0. The highest BCUT2D eigenvalue weighted by molar-refractivity contribution is 6.30. The molecule has 0 unspecified atom stereocenters. The first-order chi connectivity index (χ1) is 10.2. The van der Waals surface area contributed by atoms with E-state index in [-0.39, 0.29) is 5.69 Å². The van der Waals surface area contributed by atoms with Crippen LogP contribution in [0.25, 0.3) is 0 Å². The summed E-state index contributed by atoms with van der Waals surface area (Å²) in [5.41, 5.74) is 0.545. The van der Waals surface area contributed by atoms with E-state index in [4.69, 9.17) is 11.6 Å². The van der Waals surface area contributed by atoms with E-state index in [0.29, 0.717) is 23.3 Å². The summed E-state index contributed by atoms with van der Waals surface area (Å²) in [6.45, 7) is 1.48. The fourth-order valence-electron chi connectivity index (χ4n) is 2.76. The number of nitrogens with one attached hydrogen (secondary N) is 2. The molecule has 1 aliphatic carbocycles. The van der Waals surface area contributed by atoms with Crippen LogP contribution in [-0.2, 0) is 0 Å². The van der Waals surface area contributed by atoms with Crippen molar-refractivity contribution in [2.24, 2.45) is 0 Å². The van der Waals surface area contributed by atoms with E-state index in [9.17, 15) is 10.1 Å². The summed E-state index contributed by atoms with van der Waals surface area (Å²) in [5, 5.41) is 18.0. The minimum absolute atomic E-state index is 0.0250. The normalized spacial score (nSPS) is 16.4. The fraction of sp³-hybridized carbons (Fsp3) is 0.600. The Morgan fingerprint density at radius 2 is 1.90 bits per heavy atom. The molecule has 0 aromatic heterocycles. The van der Waals surface area contributed by atoms with Crippen molar-refractivity contribution < 1.29 is 4.92 Å². The van der Waals surface area contributed by atoms with E-state index in [0.717, 1.165) is 6.54 Å². The Morgan fingerprint density at radius 3 is 2.57 bits per heavy atom. The average molecular weight is 312 g/mol. The zero-order chi connectivity index (χ0) is 15.1. The molecule has 2 N–H and O–H groups in total. The highest BCUT2D eigenvalue weighted by Crippen LogP contribution is 2.27. The zero-order valence-electron chi connectivity index (χ0n) is 12.1. The van der Waals surface area contributed by atoms with Gasteiger partial charge in [-0.05, 0) is 25.0 Å². The number of anilines is 1. The van der Waals surface area contributed by atoms with Gasteiger partial charge in [-0.3, -0.25) is 10.1 Å². The Morgan fingerprint density at radius 1 is 1.19 bits per heavy atom. The van der Waals surface area contributed by atoms with Crippen LogP contribution in [0.5, 0.6) is 0 Å². The molecule has 0 amide bonds. The molecule has 116 valence electrons. The van der Waals surface area contributed by atoms with Gasteiger partial charge in [-0.25, -0.2) is 0 Å². The smallest absolute Gasteiger partial charge is 0.293 e. The van der Waals surface area contributed by atoms with Crippen molar-refractivity contribution in [3.63, 3.8) is 0 Å². The standard InChI is InChI=1S/C15H22ClN3O2/c16-12-7-8-14(15(11-12)19(20)21)18-10-9-17-13-5-3-1-2-4-6-13/h7-8,11,13,17-18H,1-6,9-10H2. The van der Waals surface area contributed by atoms with Gasteiger partial charge in [-0.2, -0.15) is 0 Å². The first-order valence-corrected chi connectivity index (χ1v) is 7.96. The van der Waals surface area contributed by atoms with Crippen LogP contribution in [0, 0.1) is 10.1 Å². The molecule has 2 rings (SSSR count). The van der Waals surface area contributed by atoms with Gasteiger partial charge < -0.3 is 10.6 Å². The van der Waals surface area contributed by atoms with E-state index in [2.05, 4.69) is 10.6 Å². The molecule has 0 saturated heterocycles.